The first-order valence-electron chi connectivity index (χ1n) is 5.36. The van der Waals surface area contributed by atoms with Crippen LogP contribution >= 0.6 is 0 Å². The lowest BCUT2D eigenvalue weighted by molar-refractivity contribution is -0.142. The molecule has 0 radical (unpaired) electrons. The molecule has 1 heterocycles. The van der Waals surface area contributed by atoms with Crippen LogP contribution in [0.3, 0.4) is 0 Å². The summed E-state index contributed by atoms with van der Waals surface area (Å²) in [6, 6.07) is 5.15. The van der Waals surface area contributed by atoms with Crippen LogP contribution in [-0.4, -0.2) is 20.7 Å². The third-order valence-electron chi connectivity index (χ3n) is 3.19. The number of phenols is 1. The van der Waals surface area contributed by atoms with Crippen molar-refractivity contribution in [1.82, 2.24) is 4.57 Å². The number of carboxylic acid groups (broad SMARTS) is 1. The molecule has 2 N–H and O–H groups in total. The minimum absolute atomic E-state index is 0.164. The van der Waals surface area contributed by atoms with E-state index in [9.17, 15) is 15.0 Å². The molecular weight excluding hydrogens is 218 g/mol. The number of fused-ring (bicyclic) bond motifs is 1. The van der Waals surface area contributed by atoms with Crippen LogP contribution in [0.15, 0.2) is 24.4 Å². The third kappa shape index (κ3) is 1.56. The largest absolute Gasteiger partial charge is 0.506 e. The number of nitrogens with zero attached hydrogens (tertiary/aromatic N) is 1. The standard InChI is InChI=1S/C13H15NO3/c1-13(2,12(16)17)9-7-14(3)11-8(9)5-4-6-10(11)15/h4-7,15H,1-3H3,(H,16,17). The van der Waals surface area contributed by atoms with Crippen molar-refractivity contribution in [3.05, 3.63) is 30.0 Å². The molecule has 0 aliphatic carbocycles. The Morgan fingerprint density at radius 1 is 1.35 bits per heavy atom. The predicted molar refractivity (Wildman–Crippen MR) is 65.2 cm³/mol. The molecule has 4 heteroatoms. The number of phenolic OH excluding ortho intramolecular Hbond substituents is 1. The molecule has 0 aliphatic heterocycles. The van der Waals surface area contributed by atoms with E-state index in [0.29, 0.717) is 11.1 Å². The number of benzene rings is 1. The lowest BCUT2D eigenvalue weighted by Gasteiger charge is -2.18. The van der Waals surface area contributed by atoms with E-state index in [1.54, 1.807) is 43.8 Å². The fourth-order valence-electron chi connectivity index (χ4n) is 2.06. The first kappa shape index (κ1) is 11.5. The third-order valence-corrected chi connectivity index (χ3v) is 3.19. The number of aromatic nitrogens is 1. The van der Waals surface area contributed by atoms with E-state index in [4.69, 9.17) is 0 Å². The highest BCUT2D eigenvalue weighted by Gasteiger charge is 2.32. The van der Waals surface area contributed by atoms with Gasteiger partial charge in [0.1, 0.15) is 5.75 Å². The van der Waals surface area contributed by atoms with Gasteiger partial charge in [-0.25, -0.2) is 0 Å². The van der Waals surface area contributed by atoms with Crippen molar-refractivity contribution in [2.75, 3.05) is 0 Å². The summed E-state index contributed by atoms with van der Waals surface area (Å²) >= 11 is 0. The number of para-hydroxylation sites is 1. The van der Waals surface area contributed by atoms with Crippen LogP contribution in [0.5, 0.6) is 5.75 Å². The monoisotopic (exact) mass is 233 g/mol. The van der Waals surface area contributed by atoms with Gasteiger partial charge in [-0.05, 0) is 25.5 Å². The zero-order valence-corrected chi connectivity index (χ0v) is 10.1. The molecule has 2 aromatic rings. The van der Waals surface area contributed by atoms with Crippen LogP contribution in [0.4, 0.5) is 0 Å². The van der Waals surface area contributed by atoms with Gasteiger partial charge in [0.2, 0.25) is 0 Å². The zero-order chi connectivity index (χ0) is 12.8. The summed E-state index contributed by atoms with van der Waals surface area (Å²) in [5.41, 5.74) is 0.392. The van der Waals surface area contributed by atoms with Crippen molar-refractivity contribution in [2.45, 2.75) is 19.3 Å². The van der Waals surface area contributed by atoms with Crippen molar-refractivity contribution in [1.29, 1.82) is 0 Å². The molecule has 0 bridgehead atoms. The number of carboxylic acids is 1. The highest BCUT2D eigenvalue weighted by molar-refractivity contribution is 5.94. The second-order valence-corrected chi connectivity index (χ2v) is 4.76. The Balaban J connectivity index is 2.81. The van der Waals surface area contributed by atoms with Crippen molar-refractivity contribution in [3.8, 4) is 5.75 Å². The Bertz CT molecular complexity index is 596. The number of aromatic hydroxyl groups is 1. The minimum atomic E-state index is -0.979. The van der Waals surface area contributed by atoms with Gasteiger partial charge in [-0.2, -0.15) is 0 Å². The molecule has 17 heavy (non-hydrogen) atoms. The van der Waals surface area contributed by atoms with Gasteiger partial charge in [0.05, 0.1) is 10.9 Å². The quantitative estimate of drug-likeness (QED) is 0.836. The number of aliphatic carboxylic acids is 1. The van der Waals surface area contributed by atoms with Gasteiger partial charge in [0, 0.05) is 18.6 Å². The highest BCUT2D eigenvalue weighted by Crippen LogP contribution is 2.35. The van der Waals surface area contributed by atoms with E-state index in [1.807, 2.05) is 6.07 Å². The molecule has 0 saturated heterocycles. The first-order valence-corrected chi connectivity index (χ1v) is 5.36. The maximum absolute atomic E-state index is 11.3. The number of hydrogen-bond acceptors (Lipinski definition) is 2. The van der Waals surface area contributed by atoms with Crippen molar-refractivity contribution in [2.24, 2.45) is 7.05 Å². The van der Waals surface area contributed by atoms with Gasteiger partial charge in [0.15, 0.2) is 0 Å². The minimum Gasteiger partial charge on any atom is -0.506 e. The van der Waals surface area contributed by atoms with Gasteiger partial charge < -0.3 is 14.8 Å². The summed E-state index contributed by atoms with van der Waals surface area (Å²) in [5.74, 6) is -0.717. The fourth-order valence-corrected chi connectivity index (χ4v) is 2.06. The second kappa shape index (κ2) is 3.52. The Labute approximate surface area is 99.1 Å². The van der Waals surface area contributed by atoms with Gasteiger partial charge in [-0.3, -0.25) is 4.79 Å². The molecule has 4 nitrogen and oxygen atoms in total. The summed E-state index contributed by atoms with van der Waals surface area (Å²) in [5, 5.41) is 19.8. The molecule has 1 aromatic carbocycles. The Morgan fingerprint density at radius 3 is 2.59 bits per heavy atom. The van der Waals surface area contributed by atoms with E-state index >= 15 is 0 Å². The summed E-state index contributed by atoms with van der Waals surface area (Å²) in [6.07, 6.45) is 1.76. The van der Waals surface area contributed by atoms with Crippen LogP contribution in [0.25, 0.3) is 10.9 Å². The number of hydrogen-bond donors (Lipinski definition) is 2. The van der Waals surface area contributed by atoms with Crippen molar-refractivity contribution >= 4 is 16.9 Å². The van der Waals surface area contributed by atoms with Crippen LogP contribution < -0.4 is 0 Å². The maximum atomic E-state index is 11.3. The number of carbonyl (C=O) groups is 1. The van der Waals surface area contributed by atoms with Crippen molar-refractivity contribution in [3.63, 3.8) is 0 Å². The molecule has 0 fully saturated rings. The van der Waals surface area contributed by atoms with Gasteiger partial charge in [-0.15, -0.1) is 0 Å². The van der Waals surface area contributed by atoms with E-state index in [1.165, 1.54) is 0 Å². The Morgan fingerprint density at radius 2 is 2.00 bits per heavy atom. The SMILES string of the molecule is Cn1cc(C(C)(C)C(=O)O)c2cccc(O)c21. The fraction of sp³-hybridized carbons (Fsp3) is 0.308. The predicted octanol–water partition coefficient (Wildman–Crippen LogP) is 2.25. The first-order chi connectivity index (χ1) is 7.85. The Hall–Kier alpha value is -1.97. The van der Waals surface area contributed by atoms with Crippen LogP contribution in [0.2, 0.25) is 0 Å². The average Bonchev–Trinajstić information content (AvgIpc) is 2.58. The van der Waals surface area contributed by atoms with Crippen LogP contribution in [-0.2, 0) is 17.3 Å². The summed E-state index contributed by atoms with van der Waals surface area (Å²) in [4.78, 5) is 11.3. The molecule has 90 valence electrons. The van der Waals surface area contributed by atoms with E-state index < -0.39 is 11.4 Å². The number of rotatable bonds is 2. The van der Waals surface area contributed by atoms with E-state index in [-0.39, 0.29) is 5.75 Å². The topological polar surface area (TPSA) is 62.5 Å². The van der Waals surface area contributed by atoms with Gasteiger partial charge in [-0.1, -0.05) is 12.1 Å². The number of aryl methyl sites for hydroxylation is 1. The zero-order valence-electron chi connectivity index (χ0n) is 10.1. The molecule has 0 amide bonds. The normalized spacial score (nSPS) is 11.9. The van der Waals surface area contributed by atoms with Crippen LogP contribution in [0, 0.1) is 0 Å². The molecule has 0 unspecified atom stereocenters. The highest BCUT2D eigenvalue weighted by atomic mass is 16.4. The molecule has 0 saturated carbocycles. The Kier molecular flexibility index (Phi) is 2.38. The smallest absolute Gasteiger partial charge is 0.313 e. The summed E-state index contributed by atoms with van der Waals surface area (Å²) < 4.78 is 1.75. The summed E-state index contributed by atoms with van der Waals surface area (Å²) in [7, 11) is 1.80. The van der Waals surface area contributed by atoms with Crippen LogP contribution in [0.1, 0.15) is 19.4 Å². The second-order valence-electron chi connectivity index (χ2n) is 4.76. The lowest BCUT2D eigenvalue weighted by atomic mass is 9.84. The van der Waals surface area contributed by atoms with E-state index in [0.717, 1.165) is 5.39 Å². The molecule has 2 rings (SSSR count). The molecule has 0 atom stereocenters. The molecule has 1 aromatic heterocycles. The van der Waals surface area contributed by atoms with E-state index in [2.05, 4.69) is 0 Å². The molecular formula is C13H15NO3. The lowest BCUT2D eigenvalue weighted by Crippen LogP contribution is -2.28. The average molecular weight is 233 g/mol. The maximum Gasteiger partial charge on any atom is 0.313 e. The molecule has 0 spiro atoms. The van der Waals surface area contributed by atoms with Gasteiger partial charge in [0.25, 0.3) is 0 Å². The molecule has 0 aliphatic rings. The summed E-state index contributed by atoms with van der Waals surface area (Å²) in [6.45, 7) is 3.32. The van der Waals surface area contributed by atoms with Gasteiger partial charge >= 0.3 is 5.97 Å². The van der Waals surface area contributed by atoms with Crippen molar-refractivity contribution < 1.29 is 15.0 Å².